The molecule has 0 bridgehead atoms. The van der Waals surface area contributed by atoms with Crippen LogP contribution in [0.5, 0.6) is 0 Å². The first-order valence-electron chi connectivity index (χ1n) is 2.33. The highest BCUT2D eigenvalue weighted by atomic mass is 16.4. The third kappa shape index (κ3) is 6.55. The van der Waals surface area contributed by atoms with Crippen LogP contribution in [0.3, 0.4) is 0 Å². The summed E-state index contributed by atoms with van der Waals surface area (Å²) in [6.07, 6.45) is 2.26. The van der Waals surface area contributed by atoms with Crippen molar-refractivity contribution >= 4 is 5.97 Å². The Labute approximate surface area is 53.5 Å². The molecule has 0 fully saturated rings. The van der Waals surface area contributed by atoms with Crippen molar-refractivity contribution in [1.82, 2.24) is 0 Å². The lowest BCUT2D eigenvalue weighted by Crippen LogP contribution is -1.83. The molecule has 0 heterocycles. The van der Waals surface area contributed by atoms with Crippen molar-refractivity contribution in [2.45, 2.75) is 6.92 Å². The summed E-state index contributed by atoms with van der Waals surface area (Å²) in [6, 6.07) is 0. The minimum atomic E-state index is -1.01. The van der Waals surface area contributed by atoms with E-state index in [1.165, 1.54) is 6.08 Å². The summed E-state index contributed by atoms with van der Waals surface area (Å²) in [7, 11) is 0. The van der Waals surface area contributed by atoms with Crippen LogP contribution in [0.25, 0.3) is 0 Å². The van der Waals surface area contributed by atoms with Crippen molar-refractivity contribution in [1.29, 1.82) is 0 Å². The molecule has 2 nitrogen and oxygen atoms in total. The van der Waals surface area contributed by atoms with E-state index < -0.39 is 5.97 Å². The highest BCUT2D eigenvalue weighted by molar-refractivity contribution is 5.79. The summed E-state index contributed by atoms with van der Waals surface area (Å²) >= 11 is 0. The van der Waals surface area contributed by atoms with E-state index in [9.17, 15) is 4.79 Å². The normalized spacial score (nSPS) is 5.89. The van der Waals surface area contributed by atoms with Gasteiger partial charge >= 0.3 is 5.97 Å². The number of hydrogen-bond acceptors (Lipinski definition) is 1. The fourth-order valence-electron chi connectivity index (χ4n) is 0.227. The average molecular weight is 122 g/mol. The van der Waals surface area contributed by atoms with Crippen molar-refractivity contribution < 1.29 is 9.90 Å². The second-order valence-electron chi connectivity index (χ2n) is 1.19. The van der Waals surface area contributed by atoms with Gasteiger partial charge in [0.1, 0.15) is 0 Å². The Bertz CT molecular complexity index is 209. The number of carboxylic acid groups (broad SMARTS) is 1. The topological polar surface area (TPSA) is 37.3 Å². The predicted molar refractivity (Wildman–Crippen MR) is 33.7 cm³/mol. The van der Waals surface area contributed by atoms with Gasteiger partial charge < -0.3 is 5.11 Å². The second kappa shape index (κ2) is 4.70. The van der Waals surface area contributed by atoms with Crippen molar-refractivity contribution in [2.24, 2.45) is 0 Å². The Balaban J connectivity index is 3.92. The second-order valence-corrected chi connectivity index (χ2v) is 1.19. The van der Waals surface area contributed by atoms with Gasteiger partial charge in [0.15, 0.2) is 0 Å². The minimum Gasteiger partial charge on any atom is -0.478 e. The molecule has 1 N–H and O–H groups in total. The molecule has 2 heteroatoms. The summed E-state index contributed by atoms with van der Waals surface area (Å²) < 4.78 is 0. The standard InChI is InChI=1S/C7H6O2/c1-2-3-4-5-6-7(8)9/h4,6H,1H3,(H,8,9). The van der Waals surface area contributed by atoms with Gasteiger partial charge in [-0.25, -0.2) is 4.79 Å². The number of rotatable bonds is 1. The van der Waals surface area contributed by atoms with Crippen LogP contribution in [0, 0.1) is 11.8 Å². The van der Waals surface area contributed by atoms with Crippen LogP contribution in [0.1, 0.15) is 6.92 Å². The van der Waals surface area contributed by atoms with Crippen LogP contribution in [-0.2, 0) is 4.79 Å². The molecule has 0 atom stereocenters. The van der Waals surface area contributed by atoms with Crippen LogP contribution in [-0.4, -0.2) is 11.1 Å². The molecule has 9 heavy (non-hydrogen) atoms. The van der Waals surface area contributed by atoms with Crippen molar-refractivity contribution in [3.8, 4) is 11.8 Å². The molecule has 0 saturated carbocycles. The Morgan fingerprint density at radius 1 is 1.67 bits per heavy atom. The number of carboxylic acids is 1. The smallest absolute Gasteiger partial charge is 0.336 e. The molecule has 0 radical (unpaired) electrons. The van der Waals surface area contributed by atoms with E-state index in [1.54, 1.807) is 6.92 Å². The Morgan fingerprint density at radius 3 is 2.78 bits per heavy atom. The summed E-state index contributed by atoms with van der Waals surface area (Å²) in [5.74, 6) is 4.07. The van der Waals surface area contributed by atoms with Crippen LogP contribution < -0.4 is 0 Å². The number of aliphatic carboxylic acids is 1. The Kier molecular flexibility index (Phi) is 3.95. The molecule has 0 aliphatic rings. The monoisotopic (exact) mass is 122 g/mol. The van der Waals surface area contributed by atoms with Crippen molar-refractivity contribution in [2.75, 3.05) is 0 Å². The Morgan fingerprint density at radius 2 is 2.33 bits per heavy atom. The van der Waals surface area contributed by atoms with Crippen LogP contribution in [0.2, 0.25) is 0 Å². The van der Waals surface area contributed by atoms with Crippen LogP contribution in [0.4, 0.5) is 0 Å². The van der Waals surface area contributed by atoms with Crippen LogP contribution >= 0.6 is 0 Å². The SMILES string of the molecule is CC#CC=C=CC(=O)O. The zero-order valence-electron chi connectivity index (χ0n) is 5.01. The lowest BCUT2D eigenvalue weighted by Gasteiger charge is -1.67. The van der Waals surface area contributed by atoms with E-state index in [1.807, 2.05) is 0 Å². The number of hydrogen-bond donors (Lipinski definition) is 1. The molecule has 0 amide bonds. The molecule has 46 valence electrons. The minimum absolute atomic E-state index is 0.907. The van der Waals surface area contributed by atoms with Gasteiger partial charge in [0.25, 0.3) is 0 Å². The lowest BCUT2D eigenvalue weighted by molar-refractivity contribution is -0.131. The summed E-state index contributed by atoms with van der Waals surface area (Å²) in [5.41, 5.74) is 2.36. The third-order valence-electron chi connectivity index (χ3n) is 0.507. The highest BCUT2D eigenvalue weighted by Gasteiger charge is 1.77. The fraction of sp³-hybridized carbons (Fsp3) is 0.143. The van der Waals surface area contributed by atoms with E-state index in [2.05, 4.69) is 17.6 Å². The quantitative estimate of drug-likeness (QED) is 0.317. The van der Waals surface area contributed by atoms with E-state index in [-0.39, 0.29) is 0 Å². The maximum atomic E-state index is 9.78. The van der Waals surface area contributed by atoms with Gasteiger partial charge in [0, 0.05) is 6.08 Å². The zero-order valence-corrected chi connectivity index (χ0v) is 5.01. The summed E-state index contributed by atoms with van der Waals surface area (Å²) in [4.78, 5) is 9.78. The average Bonchev–Trinajstić information content (AvgIpc) is 1.80. The highest BCUT2D eigenvalue weighted by Crippen LogP contribution is 1.66. The molecule has 0 saturated heterocycles. The van der Waals surface area contributed by atoms with E-state index in [0.717, 1.165) is 6.08 Å². The molecular formula is C7H6O2. The molecule has 0 rings (SSSR count). The number of carbonyl (C=O) groups is 1. The maximum absolute atomic E-state index is 9.78. The molecule has 0 aliphatic carbocycles. The Hall–Kier alpha value is -1.45. The van der Waals surface area contributed by atoms with Gasteiger partial charge in [0.05, 0.1) is 6.08 Å². The van der Waals surface area contributed by atoms with E-state index >= 15 is 0 Å². The fourth-order valence-corrected chi connectivity index (χ4v) is 0.227. The van der Waals surface area contributed by atoms with Gasteiger partial charge in [-0.1, -0.05) is 5.92 Å². The first kappa shape index (κ1) is 7.55. The zero-order chi connectivity index (χ0) is 7.11. The molecular weight excluding hydrogens is 116 g/mol. The van der Waals surface area contributed by atoms with Gasteiger partial charge in [0.2, 0.25) is 0 Å². The molecule has 0 spiro atoms. The maximum Gasteiger partial charge on any atom is 0.336 e. The van der Waals surface area contributed by atoms with Crippen molar-refractivity contribution in [3.63, 3.8) is 0 Å². The van der Waals surface area contributed by atoms with Crippen molar-refractivity contribution in [3.05, 3.63) is 17.9 Å². The van der Waals surface area contributed by atoms with Gasteiger partial charge in [-0.3, -0.25) is 0 Å². The summed E-state index contributed by atoms with van der Waals surface area (Å²) in [6.45, 7) is 1.67. The third-order valence-corrected chi connectivity index (χ3v) is 0.507. The van der Waals surface area contributed by atoms with E-state index in [4.69, 9.17) is 5.11 Å². The molecule has 0 aliphatic heterocycles. The molecule has 0 aromatic heterocycles. The molecule has 0 aromatic rings. The van der Waals surface area contributed by atoms with Gasteiger partial charge in [-0.05, 0) is 6.92 Å². The van der Waals surface area contributed by atoms with E-state index in [0.29, 0.717) is 0 Å². The van der Waals surface area contributed by atoms with Gasteiger partial charge in [-0.2, -0.15) is 0 Å². The summed E-state index contributed by atoms with van der Waals surface area (Å²) in [5, 5.41) is 8.03. The first-order valence-corrected chi connectivity index (χ1v) is 2.33. The lowest BCUT2D eigenvalue weighted by atomic mass is 10.5. The largest absolute Gasteiger partial charge is 0.478 e. The first-order chi connectivity index (χ1) is 4.27. The van der Waals surface area contributed by atoms with Gasteiger partial charge in [-0.15, -0.1) is 11.7 Å². The van der Waals surface area contributed by atoms with Crippen LogP contribution in [0.15, 0.2) is 17.9 Å². The predicted octanol–water partition coefficient (Wildman–Crippen LogP) is 0.806. The molecule has 0 aromatic carbocycles. The molecule has 0 unspecified atom stereocenters.